The number of benzene rings is 1. The first kappa shape index (κ1) is 15.6. The normalized spacial score (nSPS) is 21.1. The largest absolute Gasteiger partial charge is 0.233 e. The molecule has 20 heavy (non-hydrogen) atoms. The van der Waals surface area contributed by atoms with Gasteiger partial charge in [0, 0.05) is 5.92 Å². The Kier molecular flexibility index (Phi) is 4.90. The summed E-state index contributed by atoms with van der Waals surface area (Å²) in [5.41, 5.74) is 2.39. The van der Waals surface area contributed by atoms with Crippen LogP contribution in [-0.2, 0) is 0 Å². The summed E-state index contributed by atoms with van der Waals surface area (Å²) in [6, 6.07) is 7.90. The molecule has 1 aromatic rings. The van der Waals surface area contributed by atoms with Crippen molar-refractivity contribution in [1.29, 1.82) is 0 Å². The van der Waals surface area contributed by atoms with E-state index >= 15 is 0 Å². The molecule has 0 spiro atoms. The van der Waals surface area contributed by atoms with Crippen LogP contribution in [0.1, 0.15) is 18.9 Å². The third-order valence-electron chi connectivity index (χ3n) is 3.13. The predicted octanol–water partition coefficient (Wildman–Crippen LogP) is 5.43. The SMILES string of the molecule is CCC1C=CC(C(Cl)(Cl)Cl)=NC1=Nc1ccccc1C. The molecule has 106 valence electrons. The summed E-state index contributed by atoms with van der Waals surface area (Å²) in [5, 5.41) is 0. The molecule has 1 unspecified atom stereocenters. The molecule has 0 bridgehead atoms. The highest BCUT2D eigenvalue weighted by Crippen LogP contribution is 2.32. The molecule has 1 aliphatic heterocycles. The summed E-state index contributed by atoms with van der Waals surface area (Å²) in [7, 11) is 0. The van der Waals surface area contributed by atoms with Gasteiger partial charge in [0.05, 0.1) is 11.4 Å². The average molecular weight is 330 g/mol. The van der Waals surface area contributed by atoms with Crippen LogP contribution in [0.3, 0.4) is 0 Å². The molecule has 0 amide bonds. The van der Waals surface area contributed by atoms with Crippen LogP contribution in [0.15, 0.2) is 46.4 Å². The maximum Gasteiger partial charge on any atom is 0.232 e. The molecule has 0 fully saturated rings. The average Bonchev–Trinajstić information content (AvgIpc) is 2.40. The number of rotatable bonds is 2. The third kappa shape index (κ3) is 3.63. The van der Waals surface area contributed by atoms with Gasteiger partial charge in [-0.2, -0.15) is 0 Å². The van der Waals surface area contributed by atoms with Gasteiger partial charge in [0.2, 0.25) is 3.79 Å². The zero-order valence-electron chi connectivity index (χ0n) is 11.3. The van der Waals surface area contributed by atoms with Gasteiger partial charge in [-0.05, 0) is 31.1 Å². The van der Waals surface area contributed by atoms with Crippen LogP contribution in [0, 0.1) is 12.8 Å². The fraction of sp³-hybridized carbons (Fsp3) is 0.333. The lowest BCUT2D eigenvalue weighted by atomic mass is 10.0. The van der Waals surface area contributed by atoms with Crippen LogP contribution >= 0.6 is 34.8 Å². The van der Waals surface area contributed by atoms with Crippen molar-refractivity contribution in [2.75, 3.05) is 0 Å². The molecular formula is C15H15Cl3N2. The maximum atomic E-state index is 5.90. The van der Waals surface area contributed by atoms with Crippen LogP contribution in [0.5, 0.6) is 0 Å². The Labute approximate surface area is 134 Å². The van der Waals surface area contributed by atoms with Crippen LogP contribution in [0.25, 0.3) is 0 Å². The van der Waals surface area contributed by atoms with Crippen LogP contribution in [0.4, 0.5) is 5.69 Å². The van der Waals surface area contributed by atoms with E-state index in [9.17, 15) is 0 Å². The van der Waals surface area contributed by atoms with Gasteiger partial charge in [0.1, 0.15) is 5.84 Å². The number of aryl methyl sites for hydroxylation is 1. The maximum absolute atomic E-state index is 5.90. The Morgan fingerprint density at radius 3 is 2.55 bits per heavy atom. The van der Waals surface area contributed by atoms with Gasteiger partial charge >= 0.3 is 0 Å². The summed E-state index contributed by atoms with van der Waals surface area (Å²) in [4.78, 5) is 9.06. The highest BCUT2D eigenvalue weighted by atomic mass is 35.6. The monoisotopic (exact) mass is 328 g/mol. The topological polar surface area (TPSA) is 24.7 Å². The second-order valence-electron chi connectivity index (χ2n) is 4.63. The Morgan fingerprint density at radius 2 is 1.95 bits per heavy atom. The van der Waals surface area contributed by atoms with Gasteiger partial charge in [-0.15, -0.1) is 0 Å². The second kappa shape index (κ2) is 6.30. The zero-order chi connectivity index (χ0) is 14.8. The molecule has 1 heterocycles. The Morgan fingerprint density at radius 1 is 1.25 bits per heavy atom. The quantitative estimate of drug-likeness (QED) is 0.646. The number of amidine groups is 1. The summed E-state index contributed by atoms with van der Waals surface area (Å²) in [6.07, 6.45) is 4.65. The second-order valence-corrected chi connectivity index (χ2v) is 6.91. The molecule has 1 aliphatic rings. The van der Waals surface area contributed by atoms with E-state index in [-0.39, 0.29) is 5.92 Å². The molecule has 0 radical (unpaired) electrons. The van der Waals surface area contributed by atoms with Crippen molar-refractivity contribution in [1.82, 2.24) is 0 Å². The number of hydrogen-bond donors (Lipinski definition) is 0. The van der Waals surface area contributed by atoms with Crippen LogP contribution in [-0.4, -0.2) is 15.3 Å². The van der Waals surface area contributed by atoms with Gasteiger partial charge in [0.25, 0.3) is 0 Å². The number of aliphatic imine (C=N–C) groups is 2. The van der Waals surface area contributed by atoms with Crippen molar-refractivity contribution in [2.24, 2.45) is 15.9 Å². The Bertz CT molecular complexity index is 583. The summed E-state index contributed by atoms with van der Waals surface area (Å²) < 4.78 is -1.53. The molecule has 0 N–H and O–H groups in total. The van der Waals surface area contributed by atoms with Crippen molar-refractivity contribution < 1.29 is 0 Å². The number of hydrogen-bond acceptors (Lipinski definition) is 1. The first-order valence-electron chi connectivity index (χ1n) is 6.40. The van der Waals surface area contributed by atoms with Crippen LogP contribution < -0.4 is 0 Å². The Hall–Kier alpha value is -0.830. The van der Waals surface area contributed by atoms with Gasteiger partial charge in [-0.1, -0.05) is 66.0 Å². The zero-order valence-corrected chi connectivity index (χ0v) is 13.5. The molecule has 0 saturated heterocycles. The molecule has 2 rings (SSSR count). The van der Waals surface area contributed by atoms with E-state index in [1.165, 1.54) is 0 Å². The number of nitrogens with zero attached hydrogens (tertiary/aromatic N) is 2. The van der Waals surface area contributed by atoms with E-state index < -0.39 is 3.79 Å². The van der Waals surface area contributed by atoms with Crippen molar-refractivity contribution in [2.45, 2.75) is 24.1 Å². The molecule has 0 aliphatic carbocycles. The van der Waals surface area contributed by atoms with Gasteiger partial charge < -0.3 is 0 Å². The third-order valence-corrected chi connectivity index (χ3v) is 3.71. The minimum atomic E-state index is -1.53. The van der Waals surface area contributed by atoms with E-state index in [2.05, 4.69) is 16.9 Å². The van der Waals surface area contributed by atoms with E-state index in [0.717, 1.165) is 17.7 Å². The van der Waals surface area contributed by atoms with E-state index in [1.54, 1.807) is 6.08 Å². The number of halogens is 3. The molecule has 1 aromatic carbocycles. The molecule has 1 atom stereocenters. The lowest BCUT2D eigenvalue weighted by molar-refractivity contribution is 0.804. The molecule has 2 nitrogen and oxygen atoms in total. The Balaban J connectivity index is 2.44. The van der Waals surface area contributed by atoms with Gasteiger partial charge in [-0.25, -0.2) is 9.98 Å². The highest BCUT2D eigenvalue weighted by molar-refractivity contribution is 6.77. The van der Waals surface area contributed by atoms with Crippen LogP contribution in [0.2, 0.25) is 0 Å². The fourth-order valence-corrected chi connectivity index (χ4v) is 2.25. The molecule has 5 heteroatoms. The van der Waals surface area contributed by atoms with E-state index in [4.69, 9.17) is 34.8 Å². The fourth-order valence-electron chi connectivity index (χ4n) is 1.93. The molecular weight excluding hydrogens is 315 g/mol. The number of para-hydroxylation sites is 1. The lowest BCUT2D eigenvalue weighted by Gasteiger charge is -2.20. The summed E-state index contributed by atoms with van der Waals surface area (Å²) >= 11 is 17.7. The van der Waals surface area contributed by atoms with Crippen molar-refractivity contribution in [3.8, 4) is 0 Å². The van der Waals surface area contributed by atoms with E-state index in [0.29, 0.717) is 11.5 Å². The number of dihydropyridines is 1. The first-order valence-corrected chi connectivity index (χ1v) is 7.53. The minimum absolute atomic E-state index is 0.144. The molecule has 0 aromatic heterocycles. The van der Waals surface area contributed by atoms with Gasteiger partial charge in [0.15, 0.2) is 0 Å². The smallest absolute Gasteiger partial charge is 0.232 e. The number of allylic oxidation sites excluding steroid dienone is 1. The van der Waals surface area contributed by atoms with Crippen molar-refractivity contribution >= 4 is 52.0 Å². The van der Waals surface area contributed by atoms with Crippen molar-refractivity contribution in [3.63, 3.8) is 0 Å². The standard InChI is InChI=1S/C15H15Cl3N2/c1-3-11-8-9-13(15(16,17)18)20-14(11)19-12-7-5-4-6-10(12)2/h4-9,11H,3H2,1-2H3. The summed E-state index contributed by atoms with van der Waals surface area (Å²) in [6.45, 7) is 4.09. The van der Waals surface area contributed by atoms with Gasteiger partial charge in [-0.3, -0.25) is 0 Å². The number of alkyl halides is 3. The predicted molar refractivity (Wildman–Crippen MR) is 88.9 cm³/mol. The van der Waals surface area contributed by atoms with E-state index in [1.807, 2.05) is 37.3 Å². The summed E-state index contributed by atoms with van der Waals surface area (Å²) in [5.74, 6) is 0.830. The minimum Gasteiger partial charge on any atom is -0.233 e. The highest BCUT2D eigenvalue weighted by Gasteiger charge is 2.29. The van der Waals surface area contributed by atoms with Crippen molar-refractivity contribution in [3.05, 3.63) is 42.0 Å². The molecule has 0 saturated carbocycles. The first-order chi connectivity index (χ1) is 9.41. The lowest BCUT2D eigenvalue weighted by Crippen LogP contribution is -2.24.